The van der Waals surface area contributed by atoms with Crippen molar-refractivity contribution in [3.8, 4) is 0 Å². The molecule has 2 unspecified atom stereocenters. The van der Waals surface area contributed by atoms with E-state index in [-0.39, 0.29) is 12.5 Å². The van der Waals surface area contributed by atoms with Gasteiger partial charge in [-0.15, -0.1) is 0 Å². The quantitative estimate of drug-likeness (QED) is 0.0421. The number of unbranched alkanes of at least 4 members (excludes halogenated alkanes) is 40. The molecule has 1 amide bonds. The van der Waals surface area contributed by atoms with Gasteiger partial charge in [0.25, 0.3) is 0 Å². The molecule has 372 valence electrons. The number of rotatable bonds is 53. The van der Waals surface area contributed by atoms with Gasteiger partial charge in [0.2, 0.25) is 5.91 Å². The molecule has 4 nitrogen and oxygen atoms in total. The molecule has 0 saturated heterocycles. The molecular formula is C59H113NO3. The van der Waals surface area contributed by atoms with Gasteiger partial charge in [-0.05, 0) is 51.4 Å². The van der Waals surface area contributed by atoms with E-state index in [1.165, 1.54) is 238 Å². The molecular weight excluding hydrogens is 771 g/mol. The highest BCUT2D eigenvalue weighted by molar-refractivity contribution is 5.76. The third kappa shape index (κ3) is 51.5. The smallest absolute Gasteiger partial charge is 0.220 e. The highest BCUT2D eigenvalue weighted by atomic mass is 16.3. The summed E-state index contributed by atoms with van der Waals surface area (Å²) in [4.78, 5) is 12.5. The molecule has 0 aromatic carbocycles. The predicted molar refractivity (Wildman–Crippen MR) is 281 cm³/mol. The number of amides is 1. The van der Waals surface area contributed by atoms with E-state index in [1.807, 2.05) is 0 Å². The molecule has 0 rings (SSSR count). The molecule has 0 saturated carbocycles. The van der Waals surface area contributed by atoms with Crippen molar-refractivity contribution in [2.24, 2.45) is 0 Å². The first-order valence-electron chi connectivity index (χ1n) is 28.7. The van der Waals surface area contributed by atoms with Crippen LogP contribution in [0.15, 0.2) is 36.5 Å². The highest BCUT2D eigenvalue weighted by Gasteiger charge is 2.20. The van der Waals surface area contributed by atoms with E-state index in [0.29, 0.717) is 12.8 Å². The van der Waals surface area contributed by atoms with Gasteiger partial charge in [-0.25, -0.2) is 0 Å². The second-order valence-corrected chi connectivity index (χ2v) is 19.7. The van der Waals surface area contributed by atoms with Gasteiger partial charge in [-0.2, -0.15) is 0 Å². The lowest BCUT2D eigenvalue weighted by molar-refractivity contribution is -0.123. The van der Waals surface area contributed by atoms with Gasteiger partial charge >= 0.3 is 0 Å². The Kier molecular flexibility index (Phi) is 53.7. The Labute approximate surface area is 395 Å². The Hall–Kier alpha value is -1.39. The minimum atomic E-state index is -0.667. The Morgan fingerprint density at radius 3 is 1.00 bits per heavy atom. The van der Waals surface area contributed by atoms with E-state index in [1.54, 1.807) is 0 Å². The van der Waals surface area contributed by atoms with Gasteiger partial charge in [-0.1, -0.05) is 294 Å². The molecule has 2 atom stereocenters. The molecule has 63 heavy (non-hydrogen) atoms. The molecule has 0 fully saturated rings. The first-order valence-corrected chi connectivity index (χ1v) is 28.7. The number of aliphatic hydroxyl groups excluding tert-OH is 2. The third-order valence-electron chi connectivity index (χ3n) is 13.4. The third-order valence-corrected chi connectivity index (χ3v) is 13.4. The zero-order valence-electron chi connectivity index (χ0n) is 42.9. The lowest BCUT2D eigenvalue weighted by Gasteiger charge is -2.22. The summed E-state index contributed by atoms with van der Waals surface area (Å²) in [6, 6.07) is -0.545. The maximum absolute atomic E-state index is 12.5. The number of nitrogens with one attached hydrogen (secondary N) is 1. The summed E-state index contributed by atoms with van der Waals surface area (Å²) in [6.45, 7) is 4.35. The van der Waals surface area contributed by atoms with Crippen LogP contribution in [0.25, 0.3) is 0 Å². The minimum absolute atomic E-state index is 0.0404. The zero-order chi connectivity index (χ0) is 45.6. The predicted octanol–water partition coefficient (Wildman–Crippen LogP) is 18.9. The Balaban J connectivity index is 3.42. The fraction of sp³-hybridized carbons (Fsp3) is 0.881. The van der Waals surface area contributed by atoms with E-state index >= 15 is 0 Å². The molecule has 3 N–H and O–H groups in total. The second-order valence-electron chi connectivity index (χ2n) is 19.7. The van der Waals surface area contributed by atoms with Crippen molar-refractivity contribution in [3.05, 3.63) is 36.5 Å². The average Bonchev–Trinajstić information content (AvgIpc) is 3.29. The zero-order valence-corrected chi connectivity index (χ0v) is 42.9. The number of allylic oxidation sites excluding steroid dienone is 6. The summed E-state index contributed by atoms with van der Waals surface area (Å²) < 4.78 is 0. The summed E-state index contributed by atoms with van der Waals surface area (Å²) >= 11 is 0. The van der Waals surface area contributed by atoms with Crippen LogP contribution in [0.5, 0.6) is 0 Å². The fourth-order valence-corrected chi connectivity index (χ4v) is 9.02. The van der Waals surface area contributed by atoms with Crippen LogP contribution in [-0.4, -0.2) is 34.9 Å². The van der Waals surface area contributed by atoms with Crippen LogP contribution in [0.4, 0.5) is 0 Å². The van der Waals surface area contributed by atoms with Crippen LogP contribution in [0.3, 0.4) is 0 Å². The Morgan fingerprint density at radius 2 is 0.651 bits per heavy atom. The van der Waals surface area contributed by atoms with Crippen LogP contribution in [-0.2, 0) is 4.79 Å². The molecule has 0 radical (unpaired) electrons. The van der Waals surface area contributed by atoms with Crippen LogP contribution in [0.1, 0.15) is 316 Å². The SMILES string of the molecule is CCCCC/C=C\C/C=C\C/C=C\CCCCCCCCC(=O)NC(CO)C(O)CCCCCCCCCCCCCCCCCCCCCCCCCCCCCCCCCC. The summed E-state index contributed by atoms with van der Waals surface area (Å²) in [5, 5.41) is 23.3. The maximum Gasteiger partial charge on any atom is 0.220 e. The standard InChI is InChI=1S/C59H113NO3/c1-3-5-7-9-11-13-15-17-19-21-23-24-25-26-27-28-29-30-31-32-33-34-35-37-38-40-42-44-46-48-50-52-54-58(62)57(56-61)60-59(63)55-53-51-49-47-45-43-41-39-36-22-20-18-16-14-12-10-8-6-4-2/h12,14,18,20,36,39,57-58,61-62H,3-11,13,15-17,19,21-35,37-38,40-56H2,1-2H3,(H,60,63)/b14-12-,20-18-,39-36-. The summed E-state index contributed by atoms with van der Waals surface area (Å²) in [5.74, 6) is -0.0404. The topological polar surface area (TPSA) is 69.6 Å². The van der Waals surface area contributed by atoms with Gasteiger partial charge in [0, 0.05) is 6.42 Å². The average molecular weight is 885 g/mol. The van der Waals surface area contributed by atoms with Crippen LogP contribution >= 0.6 is 0 Å². The van der Waals surface area contributed by atoms with Crippen molar-refractivity contribution >= 4 is 5.91 Å². The number of carbonyl (C=O) groups is 1. The van der Waals surface area contributed by atoms with Crippen molar-refractivity contribution in [2.45, 2.75) is 328 Å². The van der Waals surface area contributed by atoms with Crippen LogP contribution < -0.4 is 5.32 Å². The molecule has 0 aliphatic carbocycles. The number of aliphatic hydroxyl groups is 2. The molecule has 0 bridgehead atoms. The van der Waals surface area contributed by atoms with E-state index in [9.17, 15) is 15.0 Å². The summed E-state index contributed by atoms with van der Waals surface area (Å²) in [6.07, 6.45) is 74.3. The molecule has 0 aliphatic heterocycles. The number of carbonyl (C=O) groups excluding carboxylic acids is 1. The van der Waals surface area contributed by atoms with Crippen LogP contribution in [0.2, 0.25) is 0 Å². The van der Waals surface area contributed by atoms with Crippen molar-refractivity contribution in [3.63, 3.8) is 0 Å². The van der Waals surface area contributed by atoms with E-state index in [0.717, 1.165) is 51.4 Å². The molecule has 0 aromatic rings. The monoisotopic (exact) mass is 884 g/mol. The maximum atomic E-state index is 12.5. The summed E-state index contributed by atoms with van der Waals surface area (Å²) in [5.41, 5.74) is 0. The van der Waals surface area contributed by atoms with E-state index < -0.39 is 12.1 Å². The van der Waals surface area contributed by atoms with E-state index in [4.69, 9.17) is 0 Å². The largest absolute Gasteiger partial charge is 0.394 e. The molecule has 4 heteroatoms. The lowest BCUT2D eigenvalue weighted by Crippen LogP contribution is -2.45. The van der Waals surface area contributed by atoms with Gasteiger partial charge in [0.05, 0.1) is 18.8 Å². The minimum Gasteiger partial charge on any atom is -0.394 e. The van der Waals surface area contributed by atoms with Gasteiger partial charge in [0.1, 0.15) is 0 Å². The lowest BCUT2D eigenvalue weighted by atomic mass is 10.0. The van der Waals surface area contributed by atoms with Gasteiger partial charge in [-0.3, -0.25) is 4.79 Å². The molecule has 0 heterocycles. The van der Waals surface area contributed by atoms with Gasteiger partial charge < -0.3 is 15.5 Å². The normalized spacial score (nSPS) is 13.0. The molecule has 0 aromatic heterocycles. The van der Waals surface area contributed by atoms with Crippen LogP contribution in [0, 0.1) is 0 Å². The summed E-state index contributed by atoms with van der Waals surface area (Å²) in [7, 11) is 0. The Morgan fingerprint density at radius 1 is 0.381 bits per heavy atom. The first-order chi connectivity index (χ1) is 31.2. The molecule has 0 aliphatic rings. The van der Waals surface area contributed by atoms with Crippen molar-refractivity contribution in [1.29, 1.82) is 0 Å². The highest BCUT2D eigenvalue weighted by Crippen LogP contribution is 2.18. The van der Waals surface area contributed by atoms with Crippen molar-refractivity contribution in [1.82, 2.24) is 5.32 Å². The molecule has 0 spiro atoms. The number of hydrogen-bond acceptors (Lipinski definition) is 3. The Bertz CT molecular complexity index is 958. The first kappa shape index (κ1) is 61.6. The fourth-order valence-electron chi connectivity index (χ4n) is 9.02. The van der Waals surface area contributed by atoms with Crippen molar-refractivity contribution in [2.75, 3.05) is 6.61 Å². The van der Waals surface area contributed by atoms with E-state index in [2.05, 4.69) is 55.6 Å². The van der Waals surface area contributed by atoms with Crippen molar-refractivity contribution < 1.29 is 15.0 Å². The van der Waals surface area contributed by atoms with Gasteiger partial charge in [0.15, 0.2) is 0 Å². The number of hydrogen-bond donors (Lipinski definition) is 3. The second kappa shape index (κ2) is 54.9.